The van der Waals surface area contributed by atoms with E-state index < -0.39 is 24.5 Å². The van der Waals surface area contributed by atoms with E-state index in [1.165, 1.54) is 41.5 Å². The molecular weight excluding hydrogens is 541 g/mol. The van der Waals surface area contributed by atoms with Crippen molar-refractivity contribution in [2.75, 3.05) is 6.54 Å². The van der Waals surface area contributed by atoms with E-state index in [-0.39, 0.29) is 35.5 Å². The summed E-state index contributed by atoms with van der Waals surface area (Å²) >= 11 is 5.91. The lowest BCUT2D eigenvalue weighted by Gasteiger charge is -2.15. The first-order chi connectivity index (χ1) is 18.6. The second-order valence-corrected chi connectivity index (χ2v) is 9.51. The minimum absolute atomic E-state index is 0.0933. The van der Waals surface area contributed by atoms with Gasteiger partial charge in [-0.1, -0.05) is 11.6 Å². The van der Waals surface area contributed by atoms with Crippen molar-refractivity contribution in [3.05, 3.63) is 75.8 Å². The molecule has 1 amide bonds. The third-order valence-electron chi connectivity index (χ3n) is 6.09. The second kappa shape index (κ2) is 10.6. The molecule has 15 heteroatoms. The lowest BCUT2D eigenvalue weighted by Crippen LogP contribution is -2.37. The molecule has 1 aliphatic rings. The summed E-state index contributed by atoms with van der Waals surface area (Å²) in [5.74, 6) is 0.389. The second-order valence-electron chi connectivity index (χ2n) is 9.07. The van der Waals surface area contributed by atoms with Crippen molar-refractivity contribution in [2.24, 2.45) is 5.92 Å². The fourth-order valence-electron chi connectivity index (χ4n) is 3.81. The van der Waals surface area contributed by atoms with Crippen LogP contribution in [0.3, 0.4) is 0 Å². The van der Waals surface area contributed by atoms with Crippen LogP contribution in [-0.4, -0.2) is 63.9 Å². The van der Waals surface area contributed by atoms with Crippen LogP contribution in [0.2, 0.25) is 5.02 Å². The highest BCUT2D eigenvalue weighted by Crippen LogP contribution is 2.28. The van der Waals surface area contributed by atoms with Gasteiger partial charge in [0, 0.05) is 23.3 Å². The highest BCUT2D eigenvalue weighted by Gasteiger charge is 2.39. The number of carbonyl (C=O) groups excluding carboxylic acids is 1. The molecule has 1 fully saturated rings. The summed E-state index contributed by atoms with van der Waals surface area (Å²) in [7, 11) is 0. The third-order valence-corrected chi connectivity index (χ3v) is 6.34. The monoisotopic (exact) mass is 562 g/mol. The SMILES string of the molecule is O=C(NCC1CC1)c1cccnc1-n1cnc(Cn2nc(-c3ccc(Cl)cc3)n(C[C@H](O)C(F)(F)F)c2=O)n1. The van der Waals surface area contributed by atoms with E-state index in [2.05, 4.69) is 25.5 Å². The number of hydrogen-bond donors (Lipinski definition) is 2. The standard InChI is InChI=1S/C24H22ClF3N8O3/c25-16-7-5-15(6-8-16)20-33-35(23(39)34(20)11-18(37)24(26,27)28)12-19-31-13-36(32-19)21-17(2-1-9-29-21)22(38)30-10-14-3-4-14/h1-2,5-9,13-14,18,37H,3-4,10-12H2,(H,30,38)/t18-/m0/s1. The van der Waals surface area contributed by atoms with Crippen molar-refractivity contribution in [1.82, 2.24) is 39.4 Å². The Labute approximate surface area is 223 Å². The van der Waals surface area contributed by atoms with Crippen LogP contribution in [0, 0.1) is 5.92 Å². The van der Waals surface area contributed by atoms with Gasteiger partial charge in [-0.05, 0) is 55.2 Å². The molecule has 2 N–H and O–H groups in total. The lowest BCUT2D eigenvalue weighted by atomic mass is 10.2. The van der Waals surface area contributed by atoms with Crippen molar-refractivity contribution in [2.45, 2.75) is 38.2 Å². The number of carbonyl (C=O) groups is 1. The lowest BCUT2D eigenvalue weighted by molar-refractivity contribution is -0.207. The Bertz CT molecular complexity index is 1540. The fourth-order valence-corrected chi connectivity index (χ4v) is 3.94. The Hall–Kier alpha value is -4.04. The molecule has 0 spiro atoms. The van der Waals surface area contributed by atoms with Crippen molar-refractivity contribution < 1.29 is 23.1 Å². The highest BCUT2D eigenvalue weighted by atomic mass is 35.5. The highest BCUT2D eigenvalue weighted by molar-refractivity contribution is 6.30. The molecule has 3 aromatic heterocycles. The zero-order valence-electron chi connectivity index (χ0n) is 20.2. The summed E-state index contributed by atoms with van der Waals surface area (Å²) in [5, 5.41) is 21.4. The van der Waals surface area contributed by atoms with Crippen molar-refractivity contribution in [3.8, 4) is 17.2 Å². The third kappa shape index (κ3) is 6.01. The van der Waals surface area contributed by atoms with Crippen molar-refractivity contribution in [3.63, 3.8) is 0 Å². The van der Waals surface area contributed by atoms with E-state index in [1.54, 1.807) is 12.1 Å². The Morgan fingerprint density at radius 2 is 1.90 bits per heavy atom. The van der Waals surface area contributed by atoms with E-state index in [0.29, 0.717) is 23.0 Å². The number of alkyl halides is 3. The number of halogens is 4. The van der Waals surface area contributed by atoms with Gasteiger partial charge in [0.25, 0.3) is 5.91 Å². The molecule has 0 aliphatic heterocycles. The molecule has 0 radical (unpaired) electrons. The van der Waals surface area contributed by atoms with Crippen LogP contribution in [0.5, 0.6) is 0 Å². The quantitative estimate of drug-likeness (QED) is 0.320. The molecule has 0 bridgehead atoms. The topological polar surface area (TPSA) is 133 Å². The van der Waals surface area contributed by atoms with E-state index in [9.17, 15) is 27.9 Å². The molecular formula is C24H22ClF3N8O3. The summed E-state index contributed by atoms with van der Waals surface area (Å²) in [4.78, 5) is 34.2. The first kappa shape index (κ1) is 26.6. The predicted molar refractivity (Wildman–Crippen MR) is 132 cm³/mol. The van der Waals surface area contributed by atoms with Crippen LogP contribution in [-0.2, 0) is 13.1 Å². The van der Waals surface area contributed by atoms with Crippen LogP contribution in [0.25, 0.3) is 17.2 Å². The van der Waals surface area contributed by atoms with Crippen LogP contribution in [0.15, 0.2) is 53.7 Å². The van der Waals surface area contributed by atoms with Crippen LogP contribution in [0.1, 0.15) is 29.0 Å². The van der Waals surface area contributed by atoms with Crippen LogP contribution in [0.4, 0.5) is 13.2 Å². The van der Waals surface area contributed by atoms with E-state index in [1.807, 2.05) is 0 Å². The number of pyridine rings is 1. The fraction of sp³-hybridized carbons (Fsp3) is 0.333. The van der Waals surface area contributed by atoms with Gasteiger partial charge in [0.05, 0.1) is 12.1 Å². The summed E-state index contributed by atoms with van der Waals surface area (Å²) in [6.45, 7) is -0.784. The van der Waals surface area contributed by atoms with E-state index >= 15 is 0 Å². The first-order valence-electron chi connectivity index (χ1n) is 11.9. The van der Waals surface area contributed by atoms with Gasteiger partial charge < -0.3 is 10.4 Å². The number of hydrogen-bond acceptors (Lipinski definition) is 7. The first-order valence-corrected chi connectivity index (χ1v) is 12.3. The van der Waals surface area contributed by atoms with Crippen LogP contribution >= 0.6 is 11.6 Å². The zero-order chi connectivity index (χ0) is 27.7. The van der Waals surface area contributed by atoms with Crippen molar-refractivity contribution in [1.29, 1.82) is 0 Å². The molecule has 1 aliphatic carbocycles. The number of rotatable bonds is 9. The van der Waals surface area contributed by atoms with E-state index in [4.69, 9.17) is 11.6 Å². The maximum absolute atomic E-state index is 13.1. The summed E-state index contributed by atoms with van der Waals surface area (Å²) < 4.78 is 42.2. The average Bonchev–Trinajstić information content (AvgIpc) is 3.55. The van der Waals surface area contributed by atoms with Gasteiger partial charge in [-0.3, -0.25) is 9.36 Å². The molecule has 1 atom stereocenters. The number of amides is 1. The van der Waals surface area contributed by atoms with E-state index in [0.717, 1.165) is 22.1 Å². The normalized spacial score (nSPS) is 14.4. The number of aliphatic hydroxyl groups is 1. The Morgan fingerprint density at radius 1 is 1.15 bits per heavy atom. The molecule has 1 saturated carbocycles. The smallest absolute Gasteiger partial charge is 0.382 e. The summed E-state index contributed by atoms with van der Waals surface area (Å²) in [5.41, 5.74) is -0.307. The average molecular weight is 563 g/mol. The number of aromatic nitrogens is 7. The summed E-state index contributed by atoms with van der Waals surface area (Å²) in [6, 6.07) is 9.21. The Balaban J connectivity index is 1.43. The molecule has 4 aromatic rings. The molecule has 204 valence electrons. The molecule has 39 heavy (non-hydrogen) atoms. The van der Waals surface area contributed by atoms with Crippen LogP contribution < -0.4 is 11.0 Å². The number of nitrogens with one attached hydrogen (secondary N) is 1. The van der Waals surface area contributed by atoms with Gasteiger partial charge in [0.15, 0.2) is 23.6 Å². The number of nitrogens with zero attached hydrogens (tertiary/aromatic N) is 7. The van der Waals surface area contributed by atoms with Gasteiger partial charge in [-0.15, -0.1) is 10.2 Å². The summed E-state index contributed by atoms with van der Waals surface area (Å²) in [6.07, 6.45) is -2.77. The van der Waals surface area contributed by atoms with Gasteiger partial charge in [0.2, 0.25) is 0 Å². The predicted octanol–water partition coefficient (Wildman–Crippen LogP) is 2.45. The minimum atomic E-state index is -4.94. The van der Waals surface area contributed by atoms with Crippen molar-refractivity contribution >= 4 is 17.5 Å². The molecule has 11 nitrogen and oxygen atoms in total. The van der Waals surface area contributed by atoms with Gasteiger partial charge in [-0.2, -0.15) is 13.2 Å². The number of aliphatic hydroxyl groups excluding tert-OH is 1. The van der Waals surface area contributed by atoms with Gasteiger partial charge in [-0.25, -0.2) is 24.1 Å². The van der Waals surface area contributed by atoms with Gasteiger partial charge >= 0.3 is 11.9 Å². The molecule has 0 saturated heterocycles. The largest absolute Gasteiger partial charge is 0.416 e. The maximum atomic E-state index is 13.1. The Morgan fingerprint density at radius 3 is 2.59 bits per heavy atom. The maximum Gasteiger partial charge on any atom is 0.416 e. The molecule has 3 heterocycles. The molecule has 1 aromatic carbocycles. The zero-order valence-corrected chi connectivity index (χ0v) is 21.0. The minimum Gasteiger partial charge on any atom is -0.382 e. The van der Waals surface area contributed by atoms with Gasteiger partial charge in [0.1, 0.15) is 12.9 Å². The molecule has 0 unspecified atom stereocenters. The number of benzene rings is 1. The molecule has 5 rings (SSSR count). The Kier molecular flexibility index (Phi) is 7.23.